The first-order valence-electron chi connectivity index (χ1n) is 8.43. The second kappa shape index (κ2) is 7.13. The third kappa shape index (κ3) is 3.31. The van der Waals surface area contributed by atoms with Crippen LogP contribution in [-0.2, 0) is 0 Å². The van der Waals surface area contributed by atoms with Gasteiger partial charge in [0, 0.05) is 10.6 Å². The molecular weight excluding hydrogens is 376 g/mol. The highest BCUT2D eigenvalue weighted by Crippen LogP contribution is 2.25. The van der Waals surface area contributed by atoms with E-state index in [9.17, 15) is 5.26 Å². The molecule has 0 unspecified atom stereocenters. The standard InChI is InChI=1S/C19H15ClN8/c1-11(26-19-15(7-21)18(22)23-10-24-19)13-6-17-27-16(9-28(17)25-8-13)12-3-2-4-14(20)5-12/h2-6,8-11H,1H3,(H3,22,23,24,26)/t11-/m0/s1. The van der Waals surface area contributed by atoms with Gasteiger partial charge in [-0.25, -0.2) is 19.5 Å². The molecule has 3 heterocycles. The van der Waals surface area contributed by atoms with Gasteiger partial charge < -0.3 is 11.1 Å². The molecule has 4 rings (SSSR count). The predicted molar refractivity (Wildman–Crippen MR) is 107 cm³/mol. The summed E-state index contributed by atoms with van der Waals surface area (Å²) >= 11 is 6.07. The number of rotatable bonds is 4. The molecule has 3 N–H and O–H groups in total. The topological polar surface area (TPSA) is 118 Å². The molecule has 1 atom stereocenters. The second-order valence-corrected chi connectivity index (χ2v) is 6.62. The van der Waals surface area contributed by atoms with Gasteiger partial charge in [-0.1, -0.05) is 23.7 Å². The molecule has 0 bridgehead atoms. The van der Waals surface area contributed by atoms with E-state index < -0.39 is 0 Å². The van der Waals surface area contributed by atoms with Crippen molar-refractivity contribution in [2.24, 2.45) is 0 Å². The van der Waals surface area contributed by atoms with Crippen molar-refractivity contribution in [3.8, 4) is 17.3 Å². The molecule has 4 aromatic rings. The number of nitrogens with two attached hydrogens (primary N) is 1. The molecule has 0 saturated carbocycles. The van der Waals surface area contributed by atoms with E-state index in [-0.39, 0.29) is 17.4 Å². The number of hydrogen-bond donors (Lipinski definition) is 2. The lowest BCUT2D eigenvalue weighted by atomic mass is 10.1. The van der Waals surface area contributed by atoms with Crippen LogP contribution in [-0.4, -0.2) is 24.6 Å². The van der Waals surface area contributed by atoms with E-state index in [1.165, 1.54) is 6.33 Å². The van der Waals surface area contributed by atoms with Crippen LogP contribution in [0.25, 0.3) is 16.9 Å². The van der Waals surface area contributed by atoms with Crippen molar-refractivity contribution in [3.05, 3.63) is 65.2 Å². The Bertz CT molecular complexity index is 1210. The van der Waals surface area contributed by atoms with Gasteiger partial charge in [-0.2, -0.15) is 10.4 Å². The van der Waals surface area contributed by atoms with Crippen LogP contribution >= 0.6 is 11.6 Å². The van der Waals surface area contributed by atoms with Crippen molar-refractivity contribution in [3.63, 3.8) is 0 Å². The van der Waals surface area contributed by atoms with Crippen LogP contribution in [0.5, 0.6) is 0 Å². The lowest BCUT2D eigenvalue weighted by molar-refractivity contribution is 0.834. The van der Waals surface area contributed by atoms with Gasteiger partial charge >= 0.3 is 0 Å². The number of benzene rings is 1. The Balaban J connectivity index is 1.65. The first kappa shape index (κ1) is 17.7. The molecule has 0 aliphatic heterocycles. The minimum absolute atomic E-state index is 0.139. The van der Waals surface area contributed by atoms with Crippen LogP contribution in [0.1, 0.15) is 24.1 Å². The normalized spacial score (nSPS) is 11.9. The molecule has 0 amide bonds. The van der Waals surface area contributed by atoms with E-state index in [1.807, 2.05) is 49.5 Å². The third-order valence-electron chi connectivity index (χ3n) is 4.30. The highest BCUT2D eigenvalue weighted by atomic mass is 35.5. The highest BCUT2D eigenvalue weighted by molar-refractivity contribution is 6.30. The Morgan fingerprint density at radius 1 is 1.29 bits per heavy atom. The summed E-state index contributed by atoms with van der Waals surface area (Å²) in [6, 6.07) is 11.3. The zero-order valence-corrected chi connectivity index (χ0v) is 15.6. The predicted octanol–water partition coefficient (Wildman–Crippen LogP) is 3.47. The van der Waals surface area contributed by atoms with Crippen LogP contribution in [0.2, 0.25) is 5.02 Å². The van der Waals surface area contributed by atoms with Crippen molar-refractivity contribution in [2.75, 3.05) is 11.1 Å². The molecule has 1 aromatic carbocycles. The fraction of sp³-hybridized carbons (Fsp3) is 0.105. The van der Waals surface area contributed by atoms with E-state index in [1.54, 1.807) is 10.7 Å². The summed E-state index contributed by atoms with van der Waals surface area (Å²) in [7, 11) is 0. The minimum Gasteiger partial charge on any atom is -0.382 e. The summed E-state index contributed by atoms with van der Waals surface area (Å²) in [6.45, 7) is 1.94. The lowest BCUT2D eigenvalue weighted by Crippen LogP contribution is -2.12. The second-order valence-electron chi connectivity index (χ2n) is 6.19. The van der Waals surface area contributed by atoms with E-state index in [2.05, 4.69) is 25.4 Å². The van der Waals surface area contributed by atoms with Crippen LogP contribution in [0.15, 0.2) is 49.1 Å². The summed E-state index contributed by atoms with van der Waals surface area (Å²) in [5.41, 5.74) is 9.24. The third-order valence-corrected chi connectivity index (χ3v) is 4.54. The van der Waals surface area contributed by atoms with Crippen LogP contribution in [0, 0.1) is 11.3 Å². The zero-order valence-electron chi connectivity index (χ0n) is 14.8. The quantitative estimate of drug-likeness (QED) is 0.547. The average Bonchev–Trinajstić information content (AvgIpc) is 3.11. The minimum atomic E-state index is -0.176. The average molecular weight is 391 g/mol. The first-order valence-corrected chi connectivity index (χ1v) is 8.81. The lowest BCUT2D eigenvalue weighted by Gasteiger charge is -2.15. The number of nitrogens with zero attached hydrogens (tertiary/aromatic N) is 6. The maximum Gasteiger partial charge on any atom is 0.154 e. The molecule has 0 fully saturated rings. The van der Waals surface area contributed by atoms with Gasteiger partial charge in [-0.15, -0.1) is 0 Å². The van der Waals surface area contributed by atoms with E-state index in [4.69, 9.17) is 17.3 Å². The largest absolute Gasteiger partial charge is 0.382 e. The Labute approximate surface area is 165 Å². The number of nitrogen functional groups attached to an aromatic ring is 1. The summed E-state index contributed by atoms with van der Waals surface area (Å²) in [5, 5.41) is 17.5. The smallest absolute Gasteiger partial charge is 0.154 e. The van der Waals surface area contributed by atoms with Gasteiger partial charge in [-0.05, 0) is 30.7 Å². The highest BCUT2D eigenvalue weighted by Gasteiger charge is 2.14. The van der Waals surface area contributed by atoms with Crippen LogP contribution < -0.4 is 11.1 Å². The van der Waals surface area contributed by atoms with Crippen molar-refractivity contribution in [1.29, 1.82) is 5.26 Å². The molecule has 0 aliphatic carbocycles. The number of hydrogen-bond acceptors (Lipinski definition) is 7. The number of halogens is 1. The zero-order chi connectivity index (χ0) is 19.7. The summed E-state index contributed by atoms with van der Waals surface area (Å²) < 4.78 is 1.70. The SMILES string of the molecule is C[C@H](Nc1ncnc(N)c1C#N)c1cnn2cc(-c3cccc(Cl)c3)nc2c1. The Kier molecular flexibility index (Phi) is 4.51. The van der Waals surface area contributed by atoms with Gasteiger partial charge in [0.25, 0.3) is 0 Å². The maximum absolute atomic E-state index is 9.27. The first-order chi connectivity index (χ1) is 13.5. The van der Waals surface area contributed by atoms with Crippen molar-refractivity contribution < 1.29 is 0 Å². The Morgan fingerprint density at radius 3 is 2.93 bits per heavy atom. The van der Waals surface area contributed by atoms with Gasteiger partial charge in [0.05, 0.1) is 24.1 Å². The fourth-order valence-corrected chi connectivity index (χ4v) is 3.01. The van der Waals surface area contributed by atoms with E-state index in [0.29, 0.717) is 16.5 Å². The van der Waals surface area contributed by atoms with E-state index in [0.717, 1.165) is 16.8 Å². The molecule has 3 aromatic heterocycles. The monoisotopic (exact) mass is 390 g/mol. The van der Waals surface area contributed by atoms with E-state index >= 15 is 0 Å². The number of fused-ring (bicyclic) bond motifs is 1. The molecular formula is C19H15ClN8. The number of aromatic nitrogens is 5. The summed E-state index contributed by atoms with van der Waals surface area (Å²) in [5.74, 6) is 0.519. The molecule has 0 spiro atoms. The van der Waals surface area contributed by atoms with Gasteiger partial charge in [0.2, 0.25) is 0 Å². The van der Waals surface area contributed by atoms with Gasteiger partial charge in [-0.3, -0.25) is 0 Å². The number of nitrogens with one attached hydrogen (secondary N) is 1. The Hall–Kier alpha value is -3.70. The van der Waals surface area contributed by atoms with Gasteiger partial charge in [0.1, 0.15) is 29.6 Å². The molecule has 28 heavy (non-hydrogen) atoms. The number of nitriles is 1. The number of anilines is 2. The molecule has 0 aliphatic rings. The molecule has 9 heteroatoms. The van der Waals surface area contributed by atoms with Crippen molar-refractivity contribution >= 4 is 28.9 Å². The molecule has 8 nitrogen and oxygen atoms in total. The fourth-order valence-electron chi connectivity index (χ4n) is 2.82. The van der Waals surface area contributed by atoms with Gasteiger partial charge in [0.15, 0.2) is 5.65 Å². The molecule has 0 saturated heterocycles. The van der Waals surface area contributed by atoms with Crippen molar-refractivity contribution in [2.45, 2.75) is 13.0 Å². The van der Waals surface area contributed by atoms with Crippen molar-refractivity contribution in [1.82, 2.24) is 24.6 Å². The Morgan fingerprint density at radius 2 is 2.14 bits per heavy atom. The van der Waals surface area contributed by atoms with Crippen LogP contribution in [0.3, 0.4) is 0 Å². The summed E-state index contributed by atoms with van der Waals surface area (Å²) in [6.07, 6.45) is 4.91. The molecule has 0 radical (unpaired) electrons. The van der Waals surface area contributed by atoms with Crippen LogP contribution in [0.4, 0.5) is 11.6 Å². The summed E-state index contributed by atoms with van der Waals surface area (Å²) in [4.78, 5) is 12.6. The number of imidazole rings is 1. The maximum atomic E-state index is 9.27. The molecule has 138 valence electrons.